The van der Waals surface area contributed by atoms with E-state index in [1.165, 1.54) is 23.1 Å². The first kappa shape index (κ1) is 28.7. The van der Waals surface area contributed by atoms with Crippen LogP contribution < -0.4 is 4.90 Å². The molecule has 2 aliphatic heterocycles. The fraction of sp³-hybridized carbons (Fsp3) is 0.607. The molecule has 2 saturated heterocycles. The summed E-state index contributed by atoms with van der Waals surface area (Å²) in [4.78, 5) is 20.5. The summed E-state index contributed by atoms with van der Waals surface area (Å²) in [7, 11) is -3.28. The fourth-order valence-electron chi connectivity index (χ4n) is 5.77. The summed E-state index contributed by atoms with van der Waals surface area (Å²) in [6.45, 7) is 10.5. The van der Waals surface area contributed by atoms with Crippen LogP contribution in [0.5, 0.6) is 0 Å². The minimum absolute atomic E-state index is 0.171. The molecule has 0 radical (unpaired) electrons. The highest BCUT2D eigenvalue weighted by atomic mass is 35.5. The van der Waals surface area contributed by atoms with E-state index in [-0.39, 0.29) is 10.9 Å². The molecule has 8 nitrogen and oxygen atoms in total. The van der Waals surface area contributed by atoms with Crippen molar-refractivity contribution in [2.45, 2.75) is 70.8 Å². The Morgan fingerprint density at radius 1 is 1.13 bits per heavy atom. The number of aliphatic hydroxyl groups is 1. The average molecular weight is 592 g/mol. The molecule has 5 rings (SSSR count). The lowest BCUT2D eigenvalue weighted by Crippen LogP contribution is -2.41. The van der Waals surface area contributed by atoms with Gasteiger partial charge in [-0.1, -0.05) is 11.6 Å². The first-order chi connectivity index (χ1) is 18.4. The van der Waals surface area contributed by atoms with Crippen LogP contribution in [0.4, 0.5) is 5.95 Å². The van der Waals surface area contributed by atoms with Crippen LogP contribution in [-0.2, 0) is 22.1 Å². The summed E-state index contributed by atoms with van der Waals surface area (Å²) < 4.78 is 25.1. The van der Waals surface area contributed by atoms with Crippen molar-refractivity contribution in [1.82, 2.24) is 19.9 Å². The SMILES string of the molecule is Cc1sc2c(-c3cnc(Cl)c(CS(C)(=O)=O)c3)nc(N3CCCCC3)nc2c1CN1CCC(C(C)(C)O)CC1. The molecule has 0 spiro atoms. The van der Waals surface area contributed by atoms with E-state index in [0.29, 0.717) is 11.5 Å². The minimum Gasteiger partial charge on any atom is -0.390 e. The van der Waals surface area contributed by atoms with Crippen LogP contribution in [0.3, 0.4) is 0 Å². The molecule has 0 bridgehead atoms. The molecule has 39 heavy (non-hydrogen) atoms. The summed E-state index contributed by atoms with van der Waals surface area (Å²) in [5.74, 6) is 0.860. The number of aromatic nitrogens is 3. The van der Waals surface area contributed by atoms with E-state index in [1.807, 2.05) is 19.9 Å². The van der Waals surface area contributed by atoms with E-state index in [9.17, 15) is 13.5 Å². The highest BCUT2D eigenvalue weighted by Crippen LogP contribution is 2.39. The molecule has 5 heterocycles. The summed E-state index contributed by atoms with van der Waals surface area (Å²) in [6, 6.07) is 1.81. The lowest BCUT2D eigenvalue weighted by molar-refractivity contribution is -0.0135. The van der Waals surface area contributed by atoms with Crippen molar-refractivity contribution >= 4 is 48.9 Å². The lowest BCUT2D eigenvalue weighted by atomic mass is 9.83. The molecule has 3 aromatic heterocycles. The van der Waals surface area contributed by atoms with Crippen molar-refractivity contribution in [1.29, 1.82) is 0 Å². The number of rotatable bonds is 7. The van der Waals surface area contributed by atoms with Gasteiger partial charge in [-0.15, -0.1) is 11.3 Å². The number of likely N-dealkylation sites (tertiary alicyclic amines) is 1. The normalized spacial score (nSPS) is 18.3. The van der Waals surface area contributed by atoms with Gasteiger partial charge in [-0.3, -0.25) is 4.90 Å². The van der Waals surface area contributed by atoms with Crippen molar-refractivity contribution in [3.8, 4) is 11.3 Å². The number of fused-ring (bicyclic) bond motifs is 1. The number of anilines is 1. The Morgan fingerprint density at radius 2 is 1.82 bits per heavy atom. The van der Waals surface area contributed by atoms with Gasteiger partial charge in [0.25, 0.3) is 0 Å². The summed E-state index contributed by atoms with van der Waals surface area (Å²) >= 11 is 7.98. The Balaban J connectivity index is 1.56. The summed E-state index contributed by atoms with van der Waals surface area (Å²) in [6.07, 6.45) is 8.28. The molecule has 0 amide bonds. The van der Waals surface area contributed by atoms with E-state index in [4.69, 9.17) is 21.6 Å². The third kappa shape index (κ3) is 6.56. The van der Waals surface area contributed by atoms with Gasteiger partial charge in [-0.2, -0.15) is 0 Å². The fourth-order valence-corrected chi connectivity index (χ4v) is 7.92. The summed E-state index contributed by atoms with van der Waals surface area (Å²) in [5, 5.41) is 10.7. The molecular formula is C28H38ClN5O3S2. The number of hydrogen-bond acceptors (Lipinski definition) is 9. The van der Waals surface area contributed by atoms with E-state index >= 15 is 0 Å². The number of sulfone groups is 1. The molecule has 0 aromatic carbocycles. The van der Waals surface area contributed by atoms with Crippen molar-refractivity contribution in [2.75, 3.05) is 37.3 Å². The van der Waals surface area contributed by atoms with Crippen LogP contribution in [-0.4, -0.2) is 71.4 Å². The Kier molecular flexibility index (Phi) is 8.23. The smallest absolute Gasteiger partial charge is 0.226 e. The quantitative estimate of drug-likeness (QED) is 0.373. The van der Waals surface area contributed by atoms with Crippen molar-refractivity contribution in [3.05, 3.63) is 33.4 Å². The van der Waals surface area contributed by atoms with Crippen LogP contribution in [0, 0.1) is 12.8 Å². The van der Waals surface area contributed by atoms with Gasteiger partial charge in [0.15, 0.2) is 9.84 Å². The first-order valence-electron chi connectivity index (χ1n) is 13.7. The van der Waals surface area contributed by atoms with Crippen LogP contribution in [0.2, 0.25) is 5.15 Å². The van der Waals surface area contributed by atoms with Crippen molar-refractivity contribution in [3.63, 3.8) is 0 Å². The predicted molar refractivity (Wildman–Crippen MR) is 159 cm³/mol. The zero-order chi connectivity index (χ0) is 27.9. The number of hydrogen-bond donors (Lipinski definition) is 1. The molecule has 1 N–H and O–H groups in total. The number of halogens is 1. The molecule has 0 unspecified atom stereocenters. The maximum Gasteiger partial charge on any atom is 0.226 e. The minimum atomic E-state index is -3.28. The number of piperidine rings is 2. The van der Waals surface area contributed by atoms with Gasteiger partial charge >= 0.3 is 0 Å². The van der Waals surface area contributed by atoms with Crippen LogP contribution in [0.15, 0.2) is 12.3 Å². The van der Waals surface area contributed by atoms with Crippen LogP contribution in [0.25, 0.3) is 21.5 Å². The van der Waals surface area contributed by atoms with Crippen molar-refractivity contribution < 1.29 is 13.5 Å². The highest BCUT2D eigenvalue weighted by molar-refractivity contribution is 7.89. The van der Waals surface area contributed by atoms with Gasteiger partial charge in [0.1, 0.15) is 5.15 Å². The molecule has 212 valence electrons. The molecular weight excluding hydrogens is 554 g/mol. The highest BCUT2D eigenvalue weighted by Gasteiger charge is 2.31. The van der Waals surface area contributed by atoms with E-state index in [2.05, 4.69) is 21.7 Å². The van der Waals surface area contributed by atoms with Gasteiger partial charge in [0.2, 0.25) is 5.95 Å². The standard InChI is InChI=1S/C28H38ClN5O3S2/c1-18-22(16-33-12-8-21(9-13-33)28(2,3)35)24-25(38-18)23(31-27(32-24)34-10-6-5-7-11-34)19-14-20(17-39(4,36)37)26(29)30-15-19/h14-15,21,35H,5-13,16-17H2,1-4H3. The molecule has 2 fully saturated rings. The van der Waals surface area contributed by atoms with Gasteiger partial charge in [0, 0.05) is 53.7 Å². The molecule has 2 aliphatic rings. The molecule has 0 saturated carbocycles. The Labute approximate surface area is 240 Å². The molecule has 3 aromatic rings. The zero-order valence-corrected chi connectivity index (χ0v) is 25.6. The second-order valence-electron chi connectivity index (χ2n) is 11.7. The summed E-state index contributed by atoms with van der Waals surface area (Å²) in [5.41, 5.74) is 3.54. The maximum atomic E-state index is 12.1. The Hall–Kier alpha value is -1.85. The van der Waals surface area contributed by atoms with E-state index in [0.717, 1.165) is 85.8 Å². The molecule has 0 atom stereocenters. The number of pyridine rings is 1. The second-order valence-corrected chi connectivity index (χ2v) is 15.4. The van der Waals surface area contributed by atoms with E-state index in [1.54, 1.807) is 17.5 Å². The molecule has 11 heteroatoms. The number of nitrogens with zero attached hydrogens (tertiary/aromatic N) is 5. The third-order valence-corrected chi connectivity index (χ3v) is 10.3. The van der Waals surface area contributed by atoms with Crippen LogP contribution >= 0.6 is 22.9 Å². The van der Waals surface area contributed by atoms with Gasteiger partial charge < -0.3 is 10.0 Å². The Morgan fingerprint density at radius 3 is 2.46 bits per heavy atom. The molecule has 0 aliphatic carbocycles. The van der Waals surface area contributed by atoms with E-state index < -0.39 is 15.4 Å². The second kappa shape index (κ2) is 11.2. The number of thiophene rings is 1. The topological polar surface area (TPSA) is 99.5 Å². The number of aryl methyl sites for hydroxylation is 1. The maximum absolute atomic E-state index is 12.1. The Bertz CT molecular complexity index is 1450. The zero-order valence-electron chi connectivity index (χ0n) is 23.2. The monoisotopic (exact) mass is 591 g/mol. The van der Waals surface area contributed by atoms with Gasteiger partial charge in [0.05, 0.1) is 27.3 Å². The third-order valence-electron chi connectivity index (χ3n) is 8.03. The van der Waals surface area contributed by atoms with Gasteiger partial charge in [-0.25, -0.2) is 23.4 Å². The largest absolute Gasteiger partial charge is 0.390 e. The predicted octanol–water partition coefficient (Wildman–Crippen LogP) is 5.23. The first-order valence-corrected chi connectivity index (χ1v) is 17.0. The average Bonchev–Trinajstić information content (AvgIpc) is 3.19. The lowest BCUT2D eigenvalue weighted by Gasteiger charge is -2.37. The van der Waals surface area contributed by atoms with Gasteiger partial charge in [-0.05, 0) is 77.9 Å². The van der Waals surface area contributed by atoms with Crippen molar-refractivity contribution in [2.24, 2.45) is 5.92 Å². The van der Waals surface area contributed by atoms with Crippen LogP contribution in [0.1, 0.15) is 62.0 Å².